The zero-order chi connectivity index (χ0) is 31.3. The molecule has 0 saturated carbocycles. The van der Waals surface area contributed by atoms with E-state index in [4.69, 9.17) is 0 Å². The Morgan fingerprint density at radius 2 is 1.24 bits per heavy atom. The first-order valence-electron chi connectivity index (χ1n) is 15.4. The summed E-state index contributed by atoms with van der Waals surface area (Å²) in [7, 11) is -1.22. The predicted octanol–water partition coefficient (Wildman–Crippen LogP) is 5.53. The summed E-state index contributed by atoms with van der Waals surface area (Å²) in [4.78, 5) is 0. The Bertz CT molecular complexity index is 1820. The molecule has 0 N–H and O–H groups in total. The normalized spacial score (nSPS) is 10.8. The third kappa shape index (κ3) is 10.2. The molecule has 0 bridgehead atoms. The molecule has 0 radical (unpaired) electrons. The summed E-state index contributed by atoms with van der Waals surface area (Å²) < 4.78 is 0. The Balaban J connectivity index is 0.000000275. The van der Waals surface area contributed by atoms with Crippen molar-refractivity contribution in [1.82, 2.24) is 0 Å². The van der Waals surface area contributed by atoms with Crippen molar-refractivity contribution in [3.63, 3.8) is 0 Å². The molecule has 0 aliphatic heterocycles. The van der Waals surface area contributed by atoms with Gasteiger partial charge < -0.3 is 24.8 Å². The van der Waals surface area contributed by atoms with Crippen molar-refractivity contribution in [1.29, 1.82) is 0 Å². The molecule has 0 nitrogen and oxygen atoms in total. The van der Waals surface area contributed by atoms with Crippen LogP contribution in [0, 0.1) is 13.8 Å². The molecule has 0 amide bonds. The maximum atomic E-state index is 2.40. The minimum absolute atomic E-state index is 0. The third-order valence-electron chi connectivity index (χ3n) is 7.84. The van der Waals surface area contributed by atoms with Gasteiger partial charge in [0.05, 0.1) is 8.07 Å². The molecule has 234 valence electrons. The number of aryl methyl sites for hydroxylation is 2. The second kappa shape index (κ2) is 17.2. The molecule has 45 heavy (non-hydrogen) atoms. The van der Waals surface area contributed by atoms with E-state index in [1.165, 1.54) is 65.7 Å². The number of hydrogen-bond donors (Lipinski definition) is 0. The monoisotopic (exact) mass is 742 g/mol. The number of fused-ring (bicyclic) bond motifs is 2. The van der Waals surface area contributed by atoms with Crippen molar-refractivity contribution in [2.24, 2.45) is 0 Å². The molecular weight excluding hydrogens is 699 g/mol. The molecule has 0 aromatic heterocycles. The van der Waals surface area contributed by atoms with E-state index >= 15 is 0 Å². The van der Waals surface area contributed by atoms with Crippen LogP contribution in [0.5, 0.6) is 0 Å². The van der Waals surface area contributed by atoms with E-state index in [9.17, 15) is 0 Å². The summed E-state index contributed by atoms with van der Waals surface area (Å²) in [5, 5.41) is 7.01. The minimum atomic E-state index is -1.22. The smallest absolute Gasteiger partial charge is 0.0279 e. The van der Waals surface area contributed by atoms with Gasteiger partial charge in [-0.1, -0.05) is 130 Å². The topological polar surface area (TPSA) is 0 Å². The van der Waals surface area contributed by atoms with Gasteiger partial charge in [0.25, 0.3) is 0 Å². The van der Waals surface area contributed by atoms with Gasteiger partial charge in [0.15, 0.2) is 0 Å². The van der Waals surface area contributed by atoms with E-state index in [1.807, 2.05) is 0 Å². The standard InChI is InChI=1S/C21H25Si.C17H15.C2H6Si.2ClH.Zr/c1-15(2)18-13-17-7-6-8-20(21(17)14-18)16-9-11-19(12-10-16)22(3,4)5;1-12-10-16-13(2)8-9-15(17(16)11-12)14-6-4-3-5-7-14;1-3-2;;;/h6-15H,1-5H3;3-11H,1-2H3;1-2H3;2*1H;/q2*-1;;;;+2/p-2. The van der Waals surface area contributed by atoms with Crippen molar-refractivity contribution in [2.75, 3.05) is 0 Å². The van der Waals surface area contributed by atoms with Gasteiger partial charge in [0, 0.05) is 0 Å². The molecule has 6 aromatic rings. The summed E-state index contributed by atoms with van der Waals surface area (Å²) in [6.45, 7) is 20.7. The first-order valence-corrected chi connectivity index (χ1v) is 25.1. The number of rotatable bonds is 4. The Morgan fingerprint density at radius 3 is 1.82 bits per heavy atom. The second-order valence-electron chi connectivity index (χ2n) is 13.2. The summed E-state index contributed by atoms with van der Waals surface area (Å²) in [5.74, 6) is 0.578. The fourth-order valence-corrected chi connectivity index (χ4v) is 6.62. The van der Waals surface area contributed by atoms with Crippen molar-refractivity contribution >= 4 is 40.2 Å². The maximum absolute atomic E-state index is 2.40. The maximum Gasteiger partial charge on any atom is -0.0279 e. The summed E-state index contributed by atoms with van der Waals surface area (Å²) >= 11 is 1.74. The molecule has 0 unspecified atom stereocenters. The van der Waals surface area contributed by atoms with Gasteiger partial charge in [-0.05, 0) is 17.0 Å². The molecular formula is C40H46Cl2Si2Zr-2. The van der Waals surface area contributed by atoms with E-state index in [0.717, 1.165) is 0 Å². The van der Waals surface area contributed by atoms with Gasteiger partial charge in [0.2, 0.25) is 0 Å². The molecule has 6 rings (SSSR count). The summed E-state index contributed by atoms with van der Waals surface area (Å²) in [6, 6.07) is 40.2. The predicted molar refractivity (Wildman–Crippen MR) is 194 cm³/mol. The average molecular weight is 745 g/mol. The van der Waals surface area contributed by atoms with Gasteiger partial charge in [0.1, 0.15) is 0 Å². The fourth-order valence-electron chi connectivity index (χ4n) is 5.45. The molecule has 0 spiro atoms. The first-order chi connectivity index (χ1) is 20.3. The van der Waals surface area contributed by atoms with E-state index in [2.05, 4.69) is 170 Å². The Morgan fingerprint density at radius 1 is 0.667 bits per heavy atom. The van der Waals surface area contributed by atoms with E-state index in [1.54, 1.807) is 23.3 Å². The van der Waals surface area contributed by atoms with Gasteiger partial charge >= 0.3 is 41.9 Å². The van der Waals surface area contributed by atoms with Gasteiger partial charge in [-0.25, -0.2) is 0 Å². The van der Waals surface area contributed by atoms with Crippen LogP contribution in [0.2, 0.25) is 32.7 Å². The van der Waals surface area contributed by atoms with Crippen molar-refractivity contribution in [3.8, 4) is 22.3 Å². The van der Waals surface area contributed by atoms with Crippen LogP contribution in [-0.2, 0) is 23.3 Å². The van der Waals surface area contributed by atoms with Crippen LogP contribution in [-0.4, -0.2) is 13.5 Å². The van der Waals surface area contributed by atoms with Crippen molar-refractivity contribution < 1.29 is 48.1 Å². The van der Waals surface area contributed by atoms with Gasteiger partial charge in [-0.3, -0.25) is 0 Å². The molecule has 6 aromatic carbocycles. The minimum Gasteiger partial charge on any atom is -1.00 e. The largest absolute Gasteiger partial charge is 1.00 e. The molecule has 0 aliphatic carbocycles. The van der Waals surface area contributed by atoms with Crippen LogP contribution < -0.4 is 30.0 Å². The van der Waals surface area contributed by atoms with Gasteiger partial charge in [-0.15, -0.1) is 68.6 Å². The number of halogens is 2. The van der Waals surface area contributed by atoms with Crippen molar-refractivity contribution in [2.45, 2.75) is 66.3 Å². The fraction of sp³-hybridized carbons (Fsp3) is 0.250. The van der Waals surface area contributed by atoms with Crippen LogP contribution in [0.4, 0.5) is 0 Å². The summed E-state index contributed by atoms with van der Waals surface area (Å²) in [5.41, 5.74) is 9.64. The molecule has 0 atom stereocenters. The van der Waals surface area contributed by atoms with E-state index in [0.29, 0.717) is 5.92 Å². The number of benzene rings is 4. The van der Waals surface area contributed by atoms with E-state index in [-0.39, 0.29) is 30.2 Å². The Kier molecular flexibility index (Phi) is 15.0. The Hall–Kier alpha value is -2.00. The van der Waals surface area contributed by atoms with Crippen LogP contribution >= 0.6 is 0 Å². The first kappa shape index (κ1) is 39.2. The quantitative estimate of drug-likeness (QED) is 0.165. The second-order valence-corrected chi connectivity index (χ2v) is 27.7. The van der Waals surface area contributed by atoms with Crippen LogP contribution in [0.15, 0.2) is 109 Å². The van der Waals surface area contributed by atoms with Crippen LogP contribution in [0.3, 0.4) is 0 Å². The number of hydrogen-bond acceptors (Lipinski definition) is 0. The average Bonchev–Trinajstić information content (AvgIpc) is 3.58. The Labute approximate surface area is 300 Å². The zero-order valence-electron chi connectivity index (χ0n) is 28.2. The molecule has 0 saturated heterocycles. The SMILES string of the molecule is CC(C)c1cc2c(-c3ccc([Si](C)(C)C)cc3)cccc2[cH-]1.C[Si](C)=[Zr+2].Cc1cc2c(-c3ccccc3)ccc(C)c2[cH-]1.[Cl-].[Cl-]. The van der Waals surface area contributed by atoms with Crippen LogP contribution in [0.1, 0.15) is 36.5 Å². The van der Waals surface area contributed by atoms with Gasteiger partial charge in [-0.2, -0.15) is 12.1 Å². The third-order valence-corrected chi connectivity index (χ3v) is 9.90. The summed E-state index contributed by atoms with van der Waals surface area (Å²) in [6.07, 6.45) is 0. The van der Waals surface area contributed by atoms with Crippen molar-refractivity contribution in [3.05, 3.63) is 126 Å². The molecule has 0 aliphatic rings. The molecule has 0 fully saturated rings. The molecule has 5 heteroatoms. The molecule has 0 heterocycles. The van der Waals surface area contributed by atoms with Crippen LogP contribution in [0.25, 0.3) is 43.8 Å². The zero-order valence-corrected chi connectivity index (χ0v) is 34.2. The van der Waals surface area contributed by atoms with E-state index < -0.39 is 8.07 Å².